The Morgan fingerprint density at radius 1 is 1.26 bits per heavy atom. The first-order valence-electron chi connectivity index (χ1n) is 10.7. The van der Waals surface area contributed by atoms with Crippen LogP contribution in [0.4, 0.5) is 13.2 Å². The molecule has 2 aromatic heterocycles. The third kappa shape index (κ3) is 4.15. The van der Waals surface area contributed by atoms with Crippen LogP contribution in [0, 0.1) is 5.82 Å². The van der Waals surface area contributed by atoms with Crippen LogP contribution in [0.25, 0.3) is 10.9 Å². The number of ether oxygens (including phenoxy) is 1. The van der Waals surface area contributed by atoms with E-state index in [0.717, 1.165) is 23.7 Å². The highest BCUT2D eigenvalue weighted by Gasteiger charge is 2.55. The van der Waals surface area contributed by atoms with Crippen LogP contribution < -0.4 is 15.6 Å². The van der Waals surface area contributed by atoms with Crippen LogP contribution in [0.1, 0.15) is 18.4 Å². The van der Waals surface area contributed by atoms with Crippen molar-refractivity contribution in [3.63, 3.8) is 0 Å². The number of nitrogens with one attached hydrogen (secondary N) is 2. The minimum atomic E-state index is -3.76. The summed E-state index contributed by atoms with van der Waals surface area (Å²) in [5.74, 6) is -1.83. The van der Waals surface area contributed by atoms with Gasteiger partial charge in [0.05, 0.1) is 0 Å². The number of H-pyrrole nitrogens is 1. The first-order valence-corrected chi connectivity index (χ1v) is 12.3. The second kappa shape index (κ2) is 9.03. The molecule has 34 heavy (non-hydrogen) atoms. The van der Waals surface area contributed by atoms with Crippen molar-refractivity contribution in [2.45, 2.75) is 48.8 Å². The lowest BCUT2D eigenvalue weighted by Gasteiger charge is -2.42. The van der Waals surface area contributed by atoms with Gasteiger partial charge >= 0.3 is 6.11 Å². The topological polar surface area (TPSA) is 83.1 Å². The van der Waals surface area contributed by atoms with Crippen molar-refractivity contribution in [1.82, 2.24) is 25.2 Å². The van der Waals surface area contributed by atoms with Gasteiger partial charge in [0.25, 0.3) is 5.56 Å². The van der Waals surface area contributed by atoms with Crippen molar-refractivity contribution in [2.24, 2.45) is 0 Å². The molecule has 3 unspecified atom stereocenters. The Bertz CT molecular complexity index is 1280. The molecule has 2 aliphatic rings. The maximum absolute atomic E-state index is 15.6. The number of pyridine rings is 1. The molecule has 0 amide bonds. The predicted octanol–water partition coefficient (Wildman–Crippen LogP) is 3.81. The Hall–Kier alpha value is -2.34. The molecule has 2 saturated heterocycles. The van der Waals surface area contributed by atoms with E-state index in [1.165, 1.54) is 0 Å². The average molecular weight is 512 g/mol. The first-order chi connectivity index (χ1) is 16.3. The standard InChI is InChI=1S/C22H21ClF3N5O2S/c1-34-21-28-16-14(19(32)30-21)20(29-18(23)15(16)24)33-22(25,26)17-13-8-7-12(9-27-17)31(13)10-11-5-3-2-4-6-11/h2-6,12-13,17,27H,7-10H2,1H3,(H,28,30,32). The lowest BCUT2D eigenvalue weighted by molar-refractivity contribution is -0.216. The van der Waals surface area contributed by atoms with Gasteiger partial charge in [-0.15, -0.1) is 0 Å². The van der Waals surface area contributed by atoms with Crippen molar-refractivity contribution in [3.05, 3.63) is 57.2 Å². The molecule has 2 N–H and O–H groups in total. The Balaban J connectivity index is 1.48. The van der Waals surface area contributed by atoms with Gasteiger partial charge in [-0.05, 0) is 24.7 Å². The van der Waals surface area contributed by atoms with Crippen molar-refractivity contribution in [2.75, 3.05) is 12.8 Å². The molecule has 4 heterocycles. The number of piperazine rings is 1. The highest BCUT2D eigenvalue weighted by atomic mass is 35.5. The van der Waals surface area contributed by atoms with Gasteiger partial charge in [0, 0.05) is 25.2 Å². The van der Waals surface area contributed by atoms with Crippen molar-refractivity contribution in [1.29, 1.82) is 0 Å². The van der Waals surface area contributed by atoms with Gasteiger partial charge < -0.3 is 15.0 Å². The summed E-state index contributed by atoms with van der Waals surface area (Å²) in [5, 5.41) is 1.80. The summed E-state index contributed by atoms with van der Waals surface area (Å²) in [4.78, 5) is 24.7. The molecule has 0 saturated carbocycles. The Kier molecular flexibility index (Phi) is 6.21. The van der Waals surface area contributed by atoms with Crippen molar-refractivity contribution >= 4 is 34.3 Å². The predicted molar refractivity (Wildman–Crippen MR) is 123 cm³/mol. The molecular formula is C22H21ClF3N5O2S. The van der Waals surface area contributed by atoms with E-state index in [4.69, 9.17) is 16.3 Å². The lowest BCUT2D eigenvalue weighted by Crippen LogP contribution is -2.65. The number of nitrogens with zero attached hydrogens (tertiary/aromatic N) is 3. The number of rotatable bonds is 6. The molecule has 2 bridgehead atoms. The summed E-state index contributed by atoms with van der Waals surface area (Å²) in [5.41, 5.74) is -0.280. The summed E-state index contributed by atoms with van der Waals surface area (Å²) >= 11 is 6.90. The van der Waals surface area contributed by atoms with Gasteiger partial charge in [-0.1, -0.05) is 53.7 Å². The second-order valence-electron chi connectivity index (χ2n) is 8.33. The zero-order chi connectivity index (χ0) is 24.0. The number of aromatic amines is 1. The number of thioether (sulfide) groups is 1. The summed E-state index contributed by atoms with van der Waals surface area (Å²) in [6.45, 7) is 0.902. The highest BCUT2D eigenvalue weighted by Crippen LogP contribution is 2.39. The summed E-state index contributed by atoms with van der Waals surface area (Å²) in [7, 11) is 0. The van der Waals surface area contributed by atoms with Gasteiger partial charge in [-0.25, -0.2) is 9.37 Å². The number of fused-ring (bicyclic) bond motifs is 3. The molecule has 2 aliphatic heterocycles. The summed E-state index contributed by atoms with van der Waals surface area (Å²) in [6, 6.07) is 7.92. The number of hydrogen-bond acceptors (Lipinski definition) is 7. The molecule has 5 rings (SSSR count). The van der Waals surface area contributed by atoms with Gasteiger partial charge in [0.1, 0.15) is 16.9 Å². The maximum atomic E-state index is 15.6. The molecule has 7 nitrogen and oxygen atoms in total. The zero-order valence-corrected chi connectivity index (χ0v) is 19.6. The second-order valence-corrected chi connectivity index (χ2v) is 9.48. The van der Waals surface area contributed by atoms with E-state index in [-0.39, 0.29) is 11.2 Å². The third-order valence-electron chi connectivity index (χ3n) is 6.35. The number of halogens is 4. The Morgan fingerprint density at radius 2 is 2.03 bits per heavy atom. The Labute approximate surface area is 202 Å². The van der Waals surface area contributed by atoms with Crippen LogP contribution in [0.3, 0.4) is 0 Å². The normalized spacial score (nSPS) is 22.9. The van der Waals surface area contributed by atoms with Crippen LogP contribution >= 0.6 is 23.4 Å². The van der Waals surface area contributed by atoms with E-state index in [1.807, 2.05) is 30.3 Å². The summed E-state index contributed by atoms with van der Waals surface area (Å²) in [6.07, 6.45) is -0.796. The fraction of sp³-hybridized carbons (Fsp3) is 0.409. The monoisotopic (exact) mass is 511 g/mol. The highest BCUT2D eigenvalue weighted by molar-refractivity contribution is 7.98. The van der Waals surface area contributed by atoms with Crippen molar-refractivity contribution in [3.8, 4) is 5.88 Å². The molecule has 0 aliphatic carbocycles. The molecular weight excluding hydrogens is 491 g/mol. The number of benzene rings is 1. The fourth-order valence-corrected chi connectivity index (χ4v) is 5.33. The zero-order valence-electron chi connectivity index (χ0n) is 18.0. The smallest absolute Gasteiger partial charge is 0.412 e. The largest absolute Gasteiger partial charge is 0.416 e. The van der Waals surface area contributed by atoms with Crippen LogP contribution in [-0.2, 0) is 6.54 Å². The fourth-order valence-electron chi connectivity index (χ4n) is 4.79. The SMILES string of the molecule is CSc1nc2c(F)c(Cl)nc(OC(F)(F)C3NCC4CCC3N4Cc3ccccc3)c2c(=O)[nH]1. The molecule has 12 heteroatoms. The van der Waals surface area contributed by atoms with Crippen LogP contribution in [0.5, 0.6) is 5.88 Å². The molecule has 0 spiro atoms. The van der Waals surface area contributed by atoms with E-state index in [2.05, 4.69) is 25.2 Å². The quantitative estimate of drug-likeness (QED) is 0.296. The first kappa shape index (κ1) is 23.4. The Morgan fingerprint density at radius 3 is 2.76 bits per heavy atom. The van der Waals surface area contributed by atoms with Crippen LogP contribution in [0.15, 0.2) is 40.3 Å². The van der Waals surface area contributed by atoms with Gasteiger partial charge in [-0.3, -0.25) is 9.69 Å². The van der Waals surface area contributed by atoms with E-state index in [1.54, 1.807) is 6.26 Å². The molecule has 3 aromatic rings. The van der Waals surface area contributed by atoms with E-state index in [9.17, 15) is 9.18 Å². The number of hydrogen-bond donors (Lipinski definition) is 2. The lowest BCUT2D eigenvalue weighted by atomic mass is 10.0. The molecule has 3 atom stereocenters. The van der Waals surface area contributed by atoms with Gasteiger partial charge in [0.2, 0.25) is 5.88 Å². The maximum Gasteiger partial charge on any atom is 0.416 e. The van der Waals surface area contributed by atoms with Crippen LogP contribution in [0.2, 0.25) is 5.15 Å². The molecule has 1 aromatic carbocycles. The third-order valence-corrected chi connectivity index (χ3v) is 7.18. The molecule has 2 fully saturated rings. The van der Waals surface area contributed by atoms with E-state index >= 15 is 8.78 Å². The molecule has 180 valence electrons. The minimum absolute atomic E-state index is 0.110. The van der Waals surface area contributed by atoms with Gasteiger partial charge in [0.15, 0.2) is 16.1 Å². The van der Waals surface area contributed by atoms with Crippen LogP contribution in [-0.4, -0.2) is 56.9 Å². The minimum Gasteiger partial charge on any atom is -0.412 e. The number of alkyl halides is 2. The summed E-state index contributed by atoms with van der Waals surface area (Å²) < 4.78 is 50.8. The van der Waals surface area contributed by atoms with Crippen molar-refractivity contribution < 1.29 is 17.9 Å². The van der Waals surface area contributed by atoms with E-state index in [0.29, 0.717) is 19.5 Å². The van der Waals surface area contributed by atoms with E-state index < -0.39 is 51.5 Å². The van der Waals surface area contributed by atoms with Gasteiger partial charge in [-0.2, -0.15) is 13.8 Å². The molecule has 0 radical (unpaired) electrons. The number of aromatic nitrogens is 3. The average Bonchev–Trinajstić information content (AvgIpc) is 3.04.